The summed E-state index contributed by atoms with van der Waals surface area (Å²) in [5, 5.41) is 0. The summed E-state index contributed by atoms with van der Waals surface area (Å²) >= 11 is 1.71. The van der Waals surface area contributed by atoms with Crippen molar-refractivity contribution in [1.29, 1.82) is 0 Å². The topological polar surface area (TPSA) is 3.24 Å². The maximum absolute atomic E-state index is 3.88. The summed E-state index contributed by atoms with van der Waals surface area (Å²) in [6, 6.07) is 0. The van der Waals surface area contributed by atoms with Crippen molar-refractivity contribution in [1.82, 2.24) is 4.90 Å². The molecule has 0 unspecified atom stereocenters. The van der Waals surface area contributed by atoms with E-state index >= 15 is 0 Å². The molecule has 0 aromatic heterocycles. The first-order valence-electron chi connectivity index (χ1n) is 5.60. The Balaban J connectivity index is 3.29. The van der Waals surface area contributed by atoms with Crippen molar-refractivity contribution in [2.24, 2.45) is 0 Å². The van der Waals surface area contributed by atoms with Crippen molar-refractivity contribution in [2.75, 3.05) is 7.05 Å². The molecule has 0 N–H and O–H groups in total. The second kappa shape index (κ2) is 6.36. The summed E-state index contributed by atoms with van der Waals surface area (Å²) in [5.41, 5.74) is 2.34. The van der Waals surface area contributed by atoms with Crippen molar-refractivity contribution in [2.45, 2.75) is 13.8 Å². The van der Waals surface area contributed by atoms with Crippen LogP contribution in [0.1, 0.15) is 13.8 Å². The molecule has 1 aliphatic rings. The summed E-state index contributed by atoms with van der Waals surface area (Å²) in [7, 11) is 2.07. The van der Waals surface area contributed by atoms with Crippen molar-refractivity contribution in [3.05, 3.63) is 70.8 Å². The van der Waals surface area contributed by atoms with Crippen LogP contribution in [0, 0.1) is 0 Å². The molecule has 0 aromatic rings. The zero-order chi connectivity index (χ0) is 12.8. The van der Waals surface area contributed by atoms with Gasteiger partial charge < -0.3 is 4.90 Å². The minimum atomic E-state index is 1.16. The van der Waals surface area contributed by atoms with Gasteiger partial charge in [0, 0.05) is 16.9 Å². The Morgan fingerprint density at radius 3 is 1.65 bits per heavy atom. The molecular weight excluding hydrogens is 226 g/mol. The average molecular weight is 245 g/mol. The number of hydrogen-bond acceptors (Lipinski definition) is 2. The van der Waals surface area contributed by atoms with Crippen LogP contribution in [0.4, 0.5) is 0 Å². The second-order valence-electron chi connectivity index (χ2n) is 3.57. The summed E-state index contributed by atoms with van der Waals surface area (Å²) in [6.45, 7) is 11.8. The van der Waals surface area contributed by atoms with Crippen molar-refractivity contribution in [3.8, 4) is 0 Å². The molecule has 0 saturated heterocycles. The molecule has 0 radical (unpaired) electrons. The lowest BCUT2D eigenvalue weighted by molar-refractivity contribution is 0.549. The minimum absolute atomic E-state index is 1.16. The van der Waals surface area contributed by atoms with Gasteiger partial charge in [-0.1, -0.05) is 49.2 Å². The second-order valence-corrected chi connectivity index (χ2v) is 4.65. The molecule has 0 atom stereocenters. The number of thioether (sulfide) groups is 1. The van der Waals surface area contributed by atoms with E-state index in [1.54, 1.807) is 11.8 Å². The van der Waals surface area contributed by atoms with E-state index in [4.69, 9.17) is 0 Å². The van der Waals surface area contributed by atoms with Crippen molar-refractivity contribution < 1.29 is 0 Å². The van der Waals surface area contributed by atoms with Gasteiger partial charge in [0.05, 0.1) is 11.4 Å². The Morgan fingerprint density at radius 2 is 1.35 bits per heavy atom. The van der Waals surface area contributed by atoms with Crippen molar-refractivity contribution in [3.63, 3.8) is 0 Å². The minimum Gasteiger partial charge on any atom is -0.343 e. The molecule has 0 saturated carbocycles. The third kappa shape index (κ3) is 2.83. The molecule has 1 heterocycles. The molecule has 1 aliphatic heterocycles. The normalized spacial score (nSPS) is 17.5. The molecular formula is C15H19NS. The van der Waals surface area contributed by atoms with Crippen LogP contribution in [-0.2, 0) is 0 Å². The summed E-state index contributed by atoms with van der Waals surface area (Å²) in [6.07, 6.45) is 12.1. The maximum Gasteiger partial charge on any atom is 0.0546 e. The SMILES string of the molecule is C=CC1=C(/C=C\C)N(C)C(/C=C\C)=C(C=C)S1. The highest BCUT2D eigenvalue weighted by molar-refractivity contribution is 8.07. The largest absolute Gasteiger partial charge is 0.343 e. The molecule has 0 aromatic carbocycles. The predicted octanol–water partition coefficient (Wildman–Crippen LogP) is 4.61. The van der Waals surface area contributed by atoms with E-state index in [1.165, 1.54) is 11.4 Å². The Bertz CT molecular complexity index is 396. The van der Waals surface area contributed by atoms with Gasteiger partial charge in [0.2, 0.25) is 0 Å². The van der Waals surface area contributed by atoms with Crippen LogP contribution in [0.5, 0.6) is 0 Å². The molecule has 0 fully saturated rings. The van der Waals surface area contributed by atoms with E-state index in [0.717, 1.165) is 9.81 Å². The van der Waals surface area contributed by atoms with Gasteiger partial charge in [0.25, 0.3) is 0 Å². The van der Waals surface area contributed by atoms with Gasteiger partial charge >= 0.3 is 0 Å². The van der Waals surface area contributed by atoms with Gasteiger partial charge in [-0.25, -0.2) is 0 Å². The molecule has 0 spiro atoms. The first-order valence-corrected chi connectivity index (χ1v) is 6.41. The van der Waals surface area contributed by atoms with Crippen LogP contribution in [0.15, 0.2) is 70.8 Å². The van der Waals surface area contributed by atoms with Gasteiger partial charge in [-0.3, -0.25) is 0 Å². The summed E-state index contributed by atoms with van der Waals surface area (Å²) < 4.78 is 0. The van der Waals surface area contributed by atoms with Gasteiger partial charge in [-0.15, -0.1) is 0 Å². The van der Waals surface area contributed by atoms with Crippen LogP contribution in [0.25, 0.3) is 0 Å². The van der Waals surface area contributed by atoms with Gasteiger partial charge in [0.1, 0.15) is 0 Å². The smallest absolute Gasteiger partial charge is 0.0546 e. The van der Waals surface area contributed by atoms with E-state index < -0.39 is 0 Å². The summed E-state index contributed by atoms with van der Waals surface area (Å²) in [4.78, 5) is 4.49. The molecule has 1 rings (SSSR count). The number of likely N-dealkylation sites (N-methyl/N-ethyl adjacent to an activating group) is 1. The van der Waals surface area contributed by atoms with Crippen LogP contribution in [-0.4, -0.2) is 11.9 Å². The monoisotopic (exact) mass is 245 g/mol. The van der Waals surface area contributed by atoms with E-state index in [1.807, 2.05) is 38.2 Å². The zero-order valence-corrected chi connectivity index (χ0v) is 11.6. The molecule has 90 valence electrons. The lowest BCUT2D eigenvalue weighted by Gasteiger charge is -2.30. The molecule has 0 amide bonds. The Hall–Kier alpha value is -1.41. The Morgan fingerprint density at radius 1 is 0.941 bits per heavy atom. The van der Waals surface area contributed by atoms with E-state index in [2.05, 4.69) is 37.3 Å². The molecule has 0 bridgehead atoms. The highest BCUT2D eigenvalue weighted by Crippen LogP contribution is 2.39. The van der Waals surface area contributed by atoms with Crippen LogP contribution < -0.4 is 0 Å². The standard InChI is InChI=1S/C15H19NS/c1-6-10-12-14(8-3)17-15(9-4)13(11-7-2)16(12)5/h6-11H,3-4H2,1-2,5H3/b10-6-,11-7-. The van der Waals surface area contributed by atoms with Gasteiger partial charge in [0.15, 0.2) is 0 Å². The van der Waals surface area contributed by atoms with Crippen LogP contribution in [0.2, 0.25) is 0 Å². The zero-order valence-electron chi connectivity index (χ0n) is 10.7. The van der Waals surface area contributed by atoms with Gasteiger partial charge in [-0.2, -0.15) is 0 Å². The van der Waals surface area contributed by atoms with Crippen LogP contribution >= 0.6 is 11.8 Å². The predicted molar refractivity (Wildman–Crippen MR) is 79.4 cm³/mol. The molecule has 17 heavy (non-hydrogen) atoms. The highest BCUT2D eigenvalue weighted by Gasteiger charge is 2.19. The van der Waals surface area contributed by atoms with Gasteiger partial charge in [-0.05, 0) is 26.0 Å². The first-order chi connectivity index (χ1) is 8.19. The van der Waals surface area contributed by atoms with Crippen molar-refractivity contribution >= 4 is 11.8 Å². The fourth-order valence-electron chi connectivity index (χ4n) is 1.68. The van der Waals surface area contributed by atoms with E-state index in [9.17, 15) is 0 Å². The third-order valence-electron chi connectivity index (χ3n) is 2.47. The number of hydrogen-bond donors (Lipinski definition) is 0. The first kappa shape index (κ1) is 13.7. The van der Waals surface area contributed by atoms with E-state index in [0.29, 0.717) is 0 Å². The Labute approximate surface area is 109 Å². The number of allylic oxidation sites excluding steroid dienone is 6. The molecule has 2 heteroatoms. The fraction of sp³-hybridized carbons (Fsp3) is 0.200. The maximum atomic E-state index is 3.88. The lowest BCUT2D eigenvalue weighted by atomic mass is 10.2. The molecule has 0 aliphatic carbocycles. The fourth-order valence-corrected chi connectivity index (χ4v) is 2.70. The average Bonchev–Trinajstić information content (AvgIpc) is 2.34. The summed E-state index contributed by atoms with van der Waals surface area (Å²) in [5.74, 6) is 0. The number of nitrogens with zero attached hydrogens (tertiary/aromatic N) is 1. The lowest BCUT2D eigenvalue weighted by Crippen LogP contribution is -2.20. The third-order valence-corrected chi connectivity index (χ3v) is 3.66. The number of rotatable bonds is 4. The van der Waals surface area contributed by atoms with Crippen LogP contribution in [0.3, 0.4) is 0 Å². The highest BCUT2D eigenvalue weighted by atomic mass is 32.2. The molecule has 1 nitrogen and oxygen atoms in total. The van der Waals surface area contributed by atoms with E-state index in [-0.39, 0.29) is 0 Å². The quantitative estimate of drug-likeness (QED) is 0.711. The Kier molecular flexibility index (Phi) is 5.11.